The quantitative estimate of drug-likeness (QED) is 0.614. The second-order valence-electron chi connectivity index (χ2n) is 4.55. The summed E-state index contributed by atoms with van der Waals surface area (Å²) in [4.78, 5) is 22.1. The standard InChI is InChI=1S/C15H12Cl2N2O5/c1-23-14-7-10(3-5-13(14)19(21)22)24-8-15(20)18-12-4-2-9(16)6-11(12)17/h2-7H,8H2,1H3,(H,18,20). The summed E-state index contributed by atoms with van der Waals surface area (Å²) in [6, 6.07) is 8.61. The minimum atomic E-state index is -0.572. The van der Waals surface area contributed by atoms with Crippen molar-refractivity contribution in [3.63, 3.8) is 0 Å². The number of carbonyl (C=O) groups excluding carboxylic acids is 1. The number of nitro benzene ring substituents is 1. The Kier molecular flexibility index (Phi) is 5.83. The van der Waals surface area contributed by atoms with Gasteiger partial charge < -0.3 is 14.8 Å². The number of amides is 1. The fourth-order valence-corrected chi connectivity index (χ4v) is 2.28. The average molecular weight is 371 g/mol. The van der Waals surface area contributed by atoms with Gasteiger partial charge in [0.05, 0.1) is 22.7 Å². The molecule has 2 aromatic carbocycles. The smallest absolute Gasteiger partial charge is 0.311 e. The molecule has 0 radical (unpaired) electrons. The van der Waals surface area contributed by atoms with Crippen LogP contribution in [0.4, 0.5) is 11.4 Å². The number of nitro groups is 1. The molecule has 0 aliphatic carbocycles. The minimum Gasteiger partial charge on any atom is -0.490 e. The highest BCUT2D eigenvalue weighted by Gasteiger charge is 2.16. The lowest BCUT2D eigenvalue weighted by atomic mass is 10.3. The third-order valence-corrected chi connectivity index (χ3v) is 3.47. The Labute approximate surface area is 147 Å². The van der Waals surface area contributed by atoms with Gasteiger partial charge in [0.1, 0.15) is 5.75 Å². The molecular formula is C15H12Cl2N2O5. The molecule has 1 amide bonds. The Hall–Kier alpha value is -2.51. The highest BCUT2D eigenvalue weighted by molar-refractivity contribution is 6.36. The molecule has 7 nitrogen and oxygen atoms in total. The van der Waals surface area contributed by atoms with Gasteiger partial charge in [-0.3, -0.25) is 14.9 Å². The van der Waals surface area contributed by atoms with Gasteiger partial charge in [0.25, 0.3) is 5.91 Å². The lowest BCUT2D eigenvalue weighted by molar-refractivity contribution is -0.385. The molecule has 9 heteroatoms. The molecule has 0 unspecified atom stereocenters. The van der Waals surface area contributed by atoms with Crippen molar-refractivity contribution in [2.24, 2.45) is 0 Å². The molecule has 1 N–H and O–H groups in total. The Bertz CT molecular complexity index is 782. The van der Waals surface area contributed by atoms with Crippen LogP contribution in [0.1, 0.15) is 0 Å². The molecule has 2 aromatic rings. The Morgan fingerprint density at radius 3 is 2.62 bits per heavy atom. The van der Waals surface area contributed by atoms with Crippen molar-refractivity contribution in [2.45, 2.75) is 0 Å². The zero-order valence-electron chi connectivity index (χ0n) is 12.4. The molecule has 0 aliphatic heterocycles. The third-order valence-electron chi connectivity index (χ3n) is 2.92. The molecule has 126 valence electrons. The Morgan fingerprint density at radius 1 is 1.25 bits per heavy atom. The molecule has 0 saturated carbocycles. The summed E-state index contributed by atoms with van der Waals surface area (Å²) >= 11 is 11.7. The normalized spacial score (nSPS) is 10.1. The highest BCUT2D eigenvalue weighted by atomic mass is 35.5. The zero-order chi connectivity index (χ0) is 17.7. The number of hydrogen-bond donors (Lipinski definition) is 1. The van der Waals surface area contributed by atoms with Crippen molar-refractivity contribution < 1.29 is 19.2 Å². The molecule has 0 aliphatic rings. The van der Waals surface area contributed by atoms with Crippen molar-refractivity contribution in [1.82, 2.24) is 0 Å². The first-order valence-electron chi connectivity index (χ1n) is 6.61. The van der Waals surface area contributed by atoms with Gasteiger partial charge >= 0.3 is 5.69 Å². The third kappa shape index (κ3) is 4.50. The highest BCUT2D eigenvalue weighted by Crippen LogP contribution is 2.31. The van der Waals surface area contributed by atoms with Gasteiger partial charge in [0.15, 0.2) is 6.61 Å². The van der Waals surface area contributed by atoms with E-state index in [2.05, 4.69) is 5.32 Å². The predicted molar refractivity (Wildman–Crippen MR) is 90.2 cm³/mol. The maximum Gasteiger partial charge on any atom is 0.311 e. The topological polar surface area (TPSA) is 90.7 Å². The van der Waals surface area contributed by atoms with Crippen LogP contribution < -0.4 is 14.8 Å². The van der Waals surface area contributed by atoms with Crippen LogP contribution in [-0.2, 0) is 4.79 Å². The van der Waals surface area contributed by atoms with E-state index in [4.69, 9.17) is 32.7 Å². The molecule has 0 fully saturated rings. The number of nitrogens with zero attached hydrogens (tertiary/aromatic N) is 1. The van der Waals surface area contributed by atoms with Crippen molar-refractivity contribution in [3.05, 3.63) is 56.6 Å². The number of rotatable bonds is 6. The SMILES string of the molecule is COc1cc(OCC(=O)Nc2ccc(Cl)cc2Cl)ccc1[N+](=O)[O-]. The van der Waals surface area contributed by atoms with E-state index < -0.39 is 10.8 Å². The number of carbonyl (C=O) groups is 1. The number of nitrogens with one attached hydrogen (secondary N) is 1. The minimum absolute atomic E-state index is 0.0404. The van der Waals surface area contributed by atoms with Crippen LogP contribution in [0.15, 0.2) is 36.4 Å². The molecule has 0 spiro atoms. The summed E-state index contributed by atoms with van der Waals surface area (Å²) in [6.07, 6.45) is 0. The molecule has 24 heavy (non-hydrogen) atoms. The van der Waals surface area contributed by atoms with E-state index in [-0.39, 0.29) is 23.8 Å². The van der Waals surface area contributed by atoms with E-state index in [0.717, 1.165) is 0 Å². The second-order valence-corrected chi connectivity index (χ2v) is 5.40. The van der Waals surface area contributed by atoms with E-state index in [1.165, 1.54) is 31.4 Å². The van der Waals surface area contributed by atoms with Crippen LogP contribution in [0, 0.1) is 10.1 Å². The molecule has 0 heterocycles. The largest absolute Gasteiger partial charge is 0.490 e. The fourth-order valence-electron chi connectivity index (χ4n) is 1.82. The van der Waals surface area contributed by atoms with E-state index in [1.807, 2.05) is 0 Å². The first kappa shape index (κ1) is 17.8. The lowest BCUT2D eigenvalue weighted by Crippen LogP contribution is -2.20. The molecule has 0 saturated heterocycles. The van der Waals surface area contributed by atoms with Gasteiger partial charge in [0.2, 0.25) is 5.75 Å². The Balaban J connectivity index is 2.00. The van der Waals surface area contributed by atoms with Crippen LogP contribution in [0.2, 0.25) is 10.0 Å². The molecule has 2 rings (SSSR count). The summed E-state index contributed by atoms with van der Waals surface area (Å²) in [7, 11) is 1.31. The number of ether oxygens (including phenoxy) is 2. The van der Waals surface area contributed by atoms with Crippen LogP contribution >= 0.6 is 23.2 Å². The van der Waals surface area contributed by atoms with Gasteiger partial charge in [-0.1, -0.05) is 23.2 Å². The van der Waals surface area contributed by atoms with Crippen LogP contribution in [0.25, 0.3) is 0 Å². The molecule has 0 atom stereocenters. The number of methoxy groups -OCH3 is 1. The van der Waals surface area contributed by atoms with Crippen molar-refractivity contribution in [1.29, 1.82) is 0 Å². The maximum atomic E-state index is 11.9. The van der Waals surface area contributed by atoms with Gasteiger partial charge in [-0.25, -0.2) is 0 Å². The summed E-state index contributed by atoms with van der Waals surface area (Å²) < 4.78 is 10.2. The summed E-state index contributed by atoms with van der Waals surface area (Å²) in [5, 5.41) is 14.1. The summed E-state index contributed by atoms with van der Waals surface area (Å²) in [5.41, 5.74) is 0.207. The van der Waals surface area contributed by atoms with Crippen LogP contribution in [0.5, 0.6) is 11.5 Å². The number of halogens is 2. The first-order valence-corrected chi connectivity index (χ1v) is 7.36. The van der Waals surface area contributed by atoms with Crippen molar-refractivity contribution in [2.75, 3.05) is 19.0 Å². The molecule has 0 bridgehead atoms. The number of benzene rings is 2. The number of hydrogen-bond acceptors (Lipinski definition) is 5. The predicted octanol–water partition coefficient (Wildman–Crippen LogP) is 3.93. The first-order chi connectivity index (χ1) is 11.4. The van der Waals surface area contributed by atoms with Gasteiger partial charge in [-0.2, -0.15) is 0 Å². The zero-order valence-corrected chi connectivity index (χ0v) is 13.9. The Morgan fingerprint density at radius 2 is 2.00 bits per heavy atom. The van der Waals surface area contributed by atoms with E-state index in [0.29, 0.717) is 15.7 Å². The van der Waals surface area contributed by atoms with Gasteiger partial charge in [0, 0.05) is 17.2 Å². The van der Waals surface area contributed by atoms with Crippen LogP contribution in [0.3, 0.4) is 0 Å². The van der Waals surface area contributed by atoms with Gasteiger partial charge in [-0.15, -0.1) is 0 Å². The van der Waals surface area contributed by atoms with E-state index in [1.54, 1.807) is 12.1 Å². The van der Waals surface area contributed by atoms with E-state index >= 15 is 0 Å². The van der Waals surface area contributed by atoms with Gasteiger partial charge in [-0.05, 0) is 24.3 Å². The lowest BCUT2D eigenvalue weighted by Gasteiger charge is -2.10. The fraction of sp³-hybridized carbons (Fsp3) is 0.133. The summed E-state index contributed by atoms with van der Waals surface area (Å²) in [5.74, 6) is -0.148. The molecule has 0 aromatic heterocycles. The molecular weight excluding hydrogens is 359 g/mol. The van der Waals surface area contributed by atoms with Crippen molar-refractivity contribution >= 4 is 40.5 Å². The van der Waals surface area contributed by atoms with Crippen LogP contribution in [-0.4, -0.2) is 24.5 Å². The maximum absolute atomic E-state index is 11.9. The number of anilines is 1. The average Bonchev–Trinajstić information content (AvgIpc) is 2.55. The van der Waals surface area contributed by atoms with E-state index in [9.17, 15) is 14.9 Å². The monoisotopic (exact) mass is 370 g/mol. The summed E-state index contributed by atoms with van der Waals surface area (Å²) in [6.45, 7) is -0.306. The second kappa shape index (κ2) is 7.85. The van der Waals surface area contributed by atoms with Crippen molar-refractivity contribution in [3.8, 4) is 11.5 Å².